The number of carbonyl (C=O) groups excluding carboxylic acids is 2. The fourth-order valence-corrected chi connectivity index (χ4v) is 5.69. The van der Waals surface area contributed by atoms with Gasteiger partial charge < -0.3 is 4.90 Å². The number of hydrogen-bond donors (Lipinski definition) is 1. The van der Waals surface area contributed by atoms with Crippen molar-refractivity contribution in [2.45, 2.75) is 13.3 Å². The van der Waals surface area contributed by atoms with Crippen molar-refractivity contribution >= 4 is 72.9 Å². The van der Waals surface area contributed by atoms with Gasteiger partial charge in [-0.05, 0) is 18.6 Å². The standard InChI is InChI=1S/C19H19Cl2N5O2S2/c1-2-15-23-24-19(30-15)22-14(27)10-25-5-7-26(8-6-25)18(28)17-16(21)12-4-3-11(20)9-13(12)29-17/h3-4,9H,2,5-8,10H2,1H3,(H,22,24,27). The van der Waals surface area contributed by atoms with Crippen LogP contribution in [0.2, 0.25) is 10.0 Å². The minimum atomic E-state index is -0.127. The van der Waals surface area contributed by atoms with E-state index in [1.165, 1.54) is 22.7 Å². The minimum absolute atomic E-state index is 0.0811. The SMILES string of the molecule is CCc1nnc(NC(=O)CN2CCN(C(=O)c3sc4cc(Cl)ccc4c3Cl)CC2)s1. The molecule has 1 N–H and O–H groups in total. The van der Waals surface area contributed by atoms with Crippen molar-refractivity contribution < 1.29 is 9.59 Å². The Hall–Kier alpha value is -1.78. The lowest BCUT2D eigenvalue weighted by Gasteiger charge is -2.34. The van der Waals surface area contributed by atoms with Crippen molar-refractivity contribution in [1.29, 1.82) is 0 Å². The largest absolute Gasteiger partial charge is 0.335 e. The molecule has 0 spiro atoms. The number of aromatic nitrogens is 2. The molecule has 1 fully saturated rings. The van der Waals surface area contributed by atoms with Crippen LogP contribution in [0.25, 0.3) is 10.1 Å². The van der Waals surface area contributed by atoms with E-state index in [1.54, 1.807) is 11.0 Å². The van der Waals surface area contributed by atoms with Gasteiger partial charge in [0, 0.05) is 41.3 Å². The minimum Gasteiger partial charge on any atom is -0.335 e. The molecule has 0 saturated carbocycles. The number of benzene rings is 1. The van der Waals surface area contributed by atoms with Gasteiger partial charge in [0.1, 0.15) is 9.88 Å². The maximum Gasteiger partial charge on any atom is 0.265 e. The third kappa shape index (κ3) is 4.60. The summed E-state index contributed by atoms with van der Waals surface area (Å²) in [6, 6.07) is 5.43. The van der Waals surface area contributed by atoms with Crippen molar-refractivity contribution in [3.63, 3.8) is 0 Å². The van der Waals surface area contributed by atoms with Crippen LogP contribution >= 0.6 is 45.9 Å². The van der Waals surface area contributed by atoms with Gasteiger partial charge in [0.25, 0.3) is 5.91 Å². The van der Waals surface area contributed by atoms with Crippen LogP contribution in [0.1, 0.15) is 21.6 Å². The van der Waals surface area contributed by atoms with Crippen LogP contribution in [0.15, 0.2) is 18.2 Å². The summed E-state index contributed by atoms with van der Waals surface area (Å²) in [6.07, 6.45) is 0.792. The molecule has 1 saturated heterocycles. The Bertz CT molecular complexity index is 1090. The van der Waals surface area contributed by atoms with E-state index in [0.29, 0.717) is 46.2 Å². The zero-order chi connectivity index (χ0) is 21.3. The summed E-state index contributed by atoms with van der Waals surface area (Å²) < 4.78 is 0.897. The Morgan fingerprint density at radius 1 is 1.13 bits per heavy atom. The Kier molecular flexibility index (Phi) is 6.54. The average molecular weight is 484 g/mol. The second-order valence-corrected chi connectivity index (χ2v) is 9.79. The molecule has 1 aliphatic heterocycles. The van der Waals surface area contributed by atoms with Crippen LogP contribution in [0.5, 0.6) is 0 Å². The molecule has 4 rings (SSSR count). The van der Waals surface area contributed by atoms with Gasteiger partial charge in [0.15, 0.2) is 0 Å². The maximum absolute atomic E-state index is 13.0. The number of piperazine rings is 1. The van der Waals surface area contributed by atoms with Gasteiger partial charge in [-0.1, -0.05) is 47.5 Å². The summed E-state index contributed by atoms with van der Waals surface area (Å²) in [5.41, 5.74) is 0. The molecule has 1 aliphatic rings. The lowest BCUT2D eigenvalue weighted by molar-refractivity contribution is -0.117. The van der Waals surface area contributed by atoms with E-state index in [1.807, 2.05) is 24.0 Å². The number of carbonyl (C=O) groups is 2. The number of rotatable bonds is 5. The molecule has 2 amide bonds. The third-order valence-electron chi connectivity index (χ3n) is 4.83. The fourth-order valence-electron chi connectivity index (χ4n) is 3.24. The number of nitrogens with zero attached hydrogens (tertiary/aromatic N) is 4. The van der Waals surface area contributed by atoms with Crippen molar-refractivity contribution in [3.05, 3.63) is 38.1 Å². The summed E-state index contributed by atoms with van der Waals surface area (Å²) in [4.78, 5) is 29.6. The summed E-state index contributed by atoms with van der Waals surface area (Å²) in [5, 5.41) is 14.1. The van der Waals surface area contributed by atoms with E-state index in [2.05, 4.69) is 15.5 Å². The van der Waals surface area contributed by atoms with Crippen LogP contribution in [-0.4, -0.2) is 64.5 Å². The van der Waals surface area contributed by atoms with E-state index < -0.39 is 0 Å². The second kappa shape index (κ2) is 9.15. The third-order valence-corrected chi connectivity index (χ3v) is 7.69. The van der Waals surface area contributed by atoms with E-state index in [0.717, 1.165) is 21.5 Å². The van der Waals surface area contributed by atoms with Crippen molar-refractivity contribution in [2.75, 3.05) is 38.0 Å². The smallest absolute Gasteiger partial charge is 0.265 e. The summed E-state index contributed by atoms with van der Waals surface area (Å²) in [5.74, 6) is -0.208. The molecule has 0 unspecified atom stereocenters. The Morgan fingerprint density at radius 2 is 1.90 bits per heavy atom. The predicted octanol–water partition coefficient (Wildman–Crippen LogP) is 4.02. The van der Waals surface area contributed by atoms with Crippen LogP contribution in [0.3, 0.4) is 0 Å². The summed E-state index contributed by atoms with van der Waals surface area (Å²) in [6.45, 7) is 4.55. The van der Waals surface area contributed by atoms with Crippen LogP contribution in [0, 0.1) is 0 Å². The molecule has 11 heteroatoms. The normalized spacial score (nSPS) is 15.0. The van der Waals surface area contributed by atoms with Gasteiger partial charge in [0.2, 0.25) is 11.0 Å². The molecule has 158 valence electrons. The fraction of sp³-hybridized carbons (Fsp3) is 0.368. The zero-order valence-electron chi connectivity index (χ0n) is 16.2. The first-order valence-electron chi connectivity index (χ1n) is 9.46. The number of aryl methyl sites for hydroxylation is 1. The number of fused-ring (bicyclic) bond motifs is 1. The molecule has 7 nitrogen and oxygen atoms in total. The molecule has 2 aromatic heterocycles. The molecule has 30 heavy (non-hydrogen) atoms. The van der Waals surface area contributed by atoms with E-state index >= 15 is 0 Å². The van der Waals surface area contributed by atoms with Crippen molar-refractivity contribution in [3.8, 4) is 0 Å². The highest BCUT2D eigenvalue weighted by Gasteiger charge is 2.27. The lowest BCUT2D eigenvalue weighted by Crippen LogP contribution is -2.50. The number of thiophene rings is 1. The zero-order valence-corrected chi connectivity index (χ0v) is 19.3. The van der Waals surface area contributed by atoms with Crippen LogP contribution in [0.4, 0.5) is 5.13 Å². The highest BCUT2D eigenvalue weighted by atomic mass is 35.5. The van der Waals surface area contributed by atoms with Crippen LogP contribution in [-0.2, 0) is 11.2 Å². The first kappa shape index (κ1) is 21.5. The predicted molar refractivity (Wildman–Crippen MR) is 122 cm³/mol. The molecule has 3 heterocycles. The molecule has 0 radical (unpaired) electrons. The Labute approximate surface area is 191 Å². The molecule has 0 atom stereocenters. The molecular formula is C19H19Cl2N5O2S2. The van der Waals surface area contributed by atoms with Gasteiger partial charge >= 0.3 is 0 Å². The van der Waals surface area contributed by atoms with Gasteiger partial charge in [-0.15, -0.1) is 21.5 Å². The molecule has 0 aliphatic carbocycles. The number of amides is 2. The molecule has 3 aromatic rings. The molecule has 1 aromatic carbocycles. The highest BCUT2D eigenvalue weighted by Crippen LogP contribution is 2.37. The number of halogens is 2. The van der Waals surface area contributed by atoms with Crippen molar-refractivity contribution in [2.24, 2.45) is 0 Å². The molecular weight excluding hydrogens is 465 g/mol. The maximum atomic E-state index is 13.0. The second-order valence-electron chi connectivity index (χ2n) is 6.86. The lowest BCUT2D eigenvalue weighted by atomic mass is 10.2. The topological polar surface area (TPSA) is 78.4 Å². The van der Waals surface area contributed by atoms with E-state index in [-0.39, 0.29) is 18.4 Å². The van der Waals surface area contributed by atoms with E-state index in [9.17, 15) is 9.59 Å². The highest BCUT2D eigenvalue weighted by molar-refractivity contribution is 7.21. The Morgan fingerprint density at radius 3 is 2.60 bits per heavy atom. The van der Waals surface area contributed by atoms with Gasteiger partial charge in [-0.3, -0.25) is 19.8 Å². The number of nitrogens with one attached hydrogen (secondary N) is 1. The molecule has 0 bridgehead atoms. The van der Waals surface area contributed by atoms with E-state index in [4.69, 9.17) is 23.2 Å². The first-order valence-corrected chi connectivity index (χ1v) is 11.8. The van der Waals surface area contributed by atoms with Gasteiger partial charge in [-0.2, -0.15) is 0 Å². The first-order chi connectivity index (χ1) is 14.4. The van der Waals surface area contributed by atoms with Crippen LogP contribution < -0.4 is 5.32 Å². The summed E-state index contributed by atoms with van der Waals surface area (Å²) in [7, 11) is 0. The Balaban J connectivity index is 1.33. The summed E-state index contributed by atoms with van der Waals surface area (Å²) >= 11 is 15.2. The quantitative estimate of drug-likeness (QED) is 0.592. The van der Waals surface area contributed by atoms with Gasteiger partial charge in [-0.25, -0.2) is 0 Å². The number of hydrogen-bond acceptors (Lipinski definition) is 7. The monoisotopic (exact) mass is 483 g/mol. The van der Waals surface area contributed by atoms with Gasteiger partial charge in [0.05, 0.1) is 11.6 Å². The average Bonchev–Trinajstić information content (AvgIpc) is 3.31. The number of anilines is 1. The van der Waals surface area contributed by atoms with Crippen molar-refractivity contribution in [1.82, 2.24) is 20.0 Å².